The van der Waals surface area contributed by atoms with Crippen molar-refractivity contribution in [2.75, 3.05) is 7.05 Å². The predicted octanol–water partition coefficient (Wildman–Crippen LogP) is 3.69. The van der Waals surface area contributed by atoms with E-state index in [-0.39, 0.29) is 18.2 Å². The number of benzene rings is 1. The molecule has 0 amide bonds. The largest absolute Gasteiger partial charge is 0.487 e. The highest BCUT2D eigenvalue weighted by Crippen LogP contribution is 2.31. The normalized spacial score (nSPS) is 25.0. The van der Waals surface area contributed by atoms with E-state index in [1.54, 1.807) is 0 Å². The number of nitrogens with one attached hydrogen (secondary N) is 1. The van der Waals surface area contributed by atoms with Crippen molar-refractivity contribution in [3.8, 4) is 5.75 Å². The molecule has 0 radical (unpaired) electrons. The molecule has 3 atom stereocenters. The van der Waals surface area contributed by atoms with Gasteiger partial charge in [-0.25, -0.2) is 0 Å². The molecule has 3 nitrogen and oxygen atoms in total. The molecule has 3 unspecified atom stereocenters. The van der Waals surface area contributed by atoms with E-state index in [0.29, 0.717) is 5.02 Å². The van der Waals surface area contributed by atoms with Gasteiger partial charge in [0.15, 0.2) is 0 Å². The van der Waals surface area contributed by atoms with Gasteiger partial charge in [0.05, 0.1) is 6.10 Å². The minimum Gasteiger partial charge on any atom is -0.487 e. The van der Waals surface area contributed by atoms with Gasteiger partial charge in [-0.3, -0.25) is 0 Å². The first-order valence-corrected chi connectivity index (χ1v) is 7.81. The van der Waals surface area contributed by atoms with Gasteiger partial charge in [-0.15, -0.1) is 0 Å². The highest BCUT2D eigenvalue weighted by Gasteiger charge is 2.24. The summed E-state index contributed by atoms with van der Waals surface area (Å²) in [6.45, 7) is 2.07. The first kappa shape index (κ1) is 15.6. The van der Waals surface area contributed by atoms with E-state index >= 15 is 0 Å². The van der Waals surface area contributed by atoms with Gasteiger partial charge in [0.1, 0.15) is 11.9 Å². The summed E-state index contributed by atoms with van der Waals surface area (Å²) in [5.41, 5.74) is 1.04. The number of aliphatic hydroxyl groups excluding tert-OH is 1. The number of hydrogen-bond acceptors (Lipinski definition) is 3. The molecule has 1 saturated carbocycles. The maximum Gasteiger partial charge on any atom is 0.124 e. The second kappa shape index (κ2) is 7.30. The Kier molecular flexibility index (Phi) is 5.70. The molecule has 1 aromatic rings. The summed E-state index contributed by atoms with van der Waals surface area (Å²) in [5, 5.41) is 14.1. The first-order chi connectivity index (χ1) is 9.61. The van der Waals surface area contributed by atoms with Crippen LogP contribution >= 0.6 is 11.6 Å². The third kappa shape index (κ3) is 3.87. The molecule has 1 aliphatic carbocycles. The SMILES string of the molecule is CNC(C)c1cc(Cl)ccc1OC1CCCCCC1O. The fourth-order valence-electron chi connectivity index (χ4n) is 2.68. The van der Waals surface area contributed by atoms with Gasteiger partial charge in [-0.2, -0.15) is 0 Å². The Balaban J connectivity index is 2.19. The number of hydrogen-bond donors (Lipinski definition) is 2. The van der Waals surface area contributed by atoms with Crippen LogP contribution in [0.5, 0.6) is 5.75 Å². The van der Waals surface area contributed by atoms with Crippen LogP contribution in [0.3, 0.4) is 0 Å². The van der Waals surface area contributed by atoms with Crippen LogP contribution < -0.4 is 10.1 Å². The molecule has 1 aromatic carbocycles. The van der Waals surface area contributed by atoms with Crippen LogP contribution in [0.15, 0.2) is 18.2 Å². The lowest BCUT2D eigenvalue weighted by Gasteiger charge is -2.25. The van der Waals surface area contributed by atoms with E-state index in [1.165, 1.54) is 6.42 Å². The van der Waals surface area contributed by atoms with Gasteiger partial charge >= 0.3 is 0 Å². The summed E-state index contributed by atoms with van der Waals surface area (Å²) in [6, 6.07) is 5.84. The summed E-state index contributed by atoms with van der Waals surface area (Å²) >= 11 is 6.08. The summed E-state index contributed by atoms with van der Waals surface area (Å²) in [6.07, 6.45) is 4.64. The van der Waals surface area contributed by atoms with Crippen molar-refractivity contribution >= 4 is 11.6 Å². The molecule has 0 saturated heterocycles. The molecular formula is C16H24ClNO2. The monoisotopic (exact) mass is 297 g/mol. The summed E-state index contributed by atoms with van der Waals surface area (Å²) in [4.78, 5) is 0. The molecule has 0 aromatic heterocycles. The molecule has 4 heteroatoms. The molecule has 20 heavy (non-hydrogen) atoms. The van der Waals surface area contributed by atoms with Crippen molar-refractivity contribution in [1.82, 2.24) is 5.32 Å². The lowest BCUT2D eigenvalue weighted by molar-refractivity contribution is 0.0312. The number of rotatable bonds is 4. The van der Waals surface area contributed by atoms with Crippen molar-refractivity contribution < 1.29 is 9.84 Å². The topological polar surface area (TPSA) is 41.5 Å². The summed E-state index contributed by atoms with van der Waals surface area (Å²) in [7, 11) is 1.91. The molecule has 0 spiro atoms. The van der Waals surface area contributed by atoms with Crippen LogP contribution in [0, 0.1) is 0 Å². The minimum absolute atomic E-state index is 0.110. The quantitative estimate of drug-likeness (QED) is 0.833. The van der Waals surface area contributed by atoms with Crippen molar-refractivity contribution in [3.05, 3.63) is 28.8 Å². The van der Waals surface area contributed by atoms with Crippen LogP contribution in [0.25, 0.3) is 0 Å². The van der Waals surface area contributed by atoms with Crippen LogP contribution in [0.4, 0.5) is 0 Å². The van der Waals surface area contributed by atoms with Gasteiger partial charge in [0.25, 0.3) is 0 Å². The maximum atomic E-state index is 10.2. The van der Waals surface area contributed by atoms with E-state index in [4.69, 9.17) is 16.3 Å². The zero-order valence-corrected chi connectivity index (χ0v) is 13.0. The Morgan fingerprint density at radius 3 is 2.80 bits per heavy atom. The van der Waals surface area contributed by atoms with Crippen LogP contribution in [-0.4, -0.2) is 24.4 Å². The summed E-state index contributed by atoms with van der Waals surface area (Å²) < 4.78 is 6.11. The van der Waals surface area contributed by atoms with Crippen molar-refractivity contribution in [2.45, 2.75) is 57.3 Å². The average molecular weight is 298 g/mol. The first-order valence-electron chi connectivity index (χ1n) is 7.43. The maximum absolute atomic E-state index is 10.2. The zero-order chi connectivity index (χ0) is 14.5. The minimum atomic E-state index is -0.370. The average Bonchev–Trinajstić information content (AvgIpc) is 2.65. The molecule has 0 aliphatic heterocycles. The Morgan fingerprint density at radius 1 is 1.30 bits per heavy atom. The van der Waals surface area contributed by atoms with E-state index in [0.717, 1.165) is 37.0 Å². The fraction of sp³-hybridized carbons (Fsp3) is 0.625. The molecule has 1 aliphatic rings. The number of ether oxygens (including phenoxy) is 1. The zero-order valence-electron chi connectivity index (χ0n) is 12.2. The molecular weight excluding hydrogens is 274 g/mol. The molecule has 0 heterocycles. The highest BCUT2D eigenvalue weighted by molar-refractivity contribution is 6.30. The molecule has 0 bridgehead atoms. The number of aliphatic hydroxyl groups is 1. The van der Waals surface area contributed by atoms with E-state index in [9.17, 15) is 5.11 Å². The van der Waals surface area contributed by atoms with Crippen molar-refractivity contribution in [3.63, 3.8) is 0 Å². The standard InChI is InChI=1S/C16H24ClNO2/c1-11(18-2)13-10-12(17)8-9-15(13)20-16-7-5-3-4-6-14(16)19/h8-11,14,16,18-19H,3-7H2,1-2H3. The van der Waals surface area contributed by atoms with Gasteiger partial charge in [-0.05, 0) is 51.4 Å². The van der Waals surface area contributed by atoms with Crippen molar-refractivity contribution in [2.24, 2.45) is 0 Å². The van der Waals surface area contributed by atoms with Crippen molar-refractivity contribution in [1.29, 1.82) is 0 Å². The van der Waals surface area contributed by atoms with Gasteiger partial charge in [0, 0.05) is 16.6 Å². The second-order valence-corrected chi connectivity index (χ2v) is 5.99. The third-order valence-electron chi connectivity index (χ3n) is 4.07. The lowest BCUT2D eigenvalue weighted by Crippen LogP contribution is -2.31. The van der Waals surface area contributed by atoms with Crippen LogP contribution in [0.2, 0.25) is 5.02 Å². The Morgan fingerprint density at radius 2 is 2.05 bits per heavy atom. The Hall–Kier alpha value is -0.770. The van der Waals surface area contributed by atoms with Gasteiger partial charge in [-0.1, -0.05) is 24.4 Å². The molecule has 112 valence electrons. The van der Waals surface area contributed by atoms with E-state index < -0.39 is 0 Å². The Labute approximate surface area is 126 Å². The molecule has 1 fully saturated rings. The molecule has 2 N–H and O–H groups in total. The second-order valence-electron chi connectivity index (χ2n) is 5.55. The lowest BCUT2D eigenvalue weighted by atomic mass is 10.1. The van der Waals surface area contributed by atoms with E-state index in [2.05, 4.69) is 12.2 Å². The third-order valence-corrected chi connectivity index (χ3v) is 4.30. The van der Waals surface area contributed by atoms with Crippen LogP contribution in [-0.2, 0) is 0 Å². The van der Waals surface area contributed by atoms with Gasteiger partial charge in [0.2, 0.25) is 0 Å². The number of halogens is 1. The highest BCUT2D eigenvalue weighted by atomic mass is 35.5. The fourth-order valence-corrected chi connectivity index (χ4v) is 2.86. The smallest absolute Gasteiger partial charge is 0.124 e. The van der Waals surface area contributed by atoms with Crippen LogP contribution in [0.1, 0.15) is 50.6 Å². The predicted molar refractivity (Wildman–Crippen MR) is 82.4 cm³/mol. The van der Waals surface area contributed by atoms with Gasteiger partial charge < -0.3 is 15.2 Å². The molecule has 2 rings (SSSR count). The Bertz CT molecular complexity index is 438. The summed E-state index contributed by atoms with van der Waals surface area (Å²) in [5.74, 6) is 0.821. The van der Waals surface area contributed by atoms with E-state index in [1.807, 2.05) is 25.2 Å².